The first kappa shape index (κ1) is 13.3. The second-order valence-electron chi connectivity index (χ2n) is 5.47. The fourth-order valence-corrected chi connectivity index (χ4v) is 3.06. The largest absolute Gasteiger partial charge is 0.296 e. The Morgan fingerprint density at radius 2 is 1.55 bits per heavy atom. The van der Waals surface area contributed by atoms with E-state index in [0.29, 0.717) is 0 Å². The zero-order chi connectivity index (χ0) is 13.8. The molecule has 1 saturated heterocycles. The van der Waals surface area contributed by atoms with Crippen molar-refractivity contribution in [3.8, 4) is 0 Å². The Balaban J connectivity index is 1.88. The van der Waals surface area contributed by atoms with Crippen LogP contribution < -0.4 is 0 Å². The van der Waals surface area contributed by atoms with Crippen molar-refractivity contribution < 1.29 is 4.39 Å². The van der Waals surface area contributed by atoms with Gasteiger partial charge in [0.25, 0.3) is 0 Å². The predicted octanol–water partition coefficient (Wildman–Crippen LogP) is 4.21. The first-order chi connectivity index (χ1) is 9.84. The van der Waals surface area contributed by atoms with E-state index >= 15 is 0 Å². The quantitative estimate of drug-likeness (QED) is 0.804. The molecule has 0 aromatic heterocycles. The Kier molecular flexibility index (Phi) is 4.12. The van der Waals surface area contributed by atoms with Gasteiger partial charge in [-0.2, -0.15) is 0 Å². The Hall–Kier alpha value is -1.67. The molecule has 1 aliphatic heterocycles. The molecule has 1 aliphatic rings. The third kappa shape index (κ3) is 2.91. The summed E-state index contributed by atoms with van der Waals surface area (Å²) >= 11 is 0. The molecule has 2 aromatic rings. The van der Waals surface area contributed by atoms with Gasteiger partial charge >= 0.3 is 0 Å². The fraction of sp³-hybridized carbons (Fsp3) is 0.333. The van der Waals surface area contributed by atoms with Crippen LogP contribution in [0.25, 0.3) is 0 Å². The molecule has 1 fully saturated rings. The number of hydrogen-bond acceptors (Lipinski definition) is 1. The van der Waals surface area contributed by atoms with E-state index in [1.54, 1.807) is 12.1 Å². The lowest BCUT2D eigenvalue weighted by molar-refractivity contribution is 0.242. The molecule has 0 saturated carbocycles. The van der Waals surface area contributed by atoms with E-state index in [0.717, 1.165) is 25.1 Å². The van der Waals surface area contributed by atoms with Crippen molar-refractivity contribution in [2.24, 2.45) is 0 Å². The van der Waals surface area contributed by atoms with Crippen LogP contribution >= 0.6 is 0 Å². The summed E-state index contributed by atoms with van der Waals surface area (Å²) in [6.45, 7) is 2.24. The molecular formula is C18H20FN. The van der Waals surface area contributed by atoms with Crippen molar-refractivity contribution in [2.75, 3.05) is 13.1 Å². The van der Waals surface area contributed by atoms with Crippen LogP contribution in [0, 0.1) is 5.82 Å². The summed E-state index contributed by atoms with van der Waals surface area (Å²) in [4.78, 5) is 2.49. The van der Waals surface area contributed by atoms with Crippen molar-refractivity contribution in [1.82, 2.24) is 4.90 Å². The SMILES string of the molecule is Fc1ccccc1CC(c1ccccc1)N1CCCC1. The van der Waals surface area contributed by atoms with Gasteiger partial charge in [0.1, 0.15) is 5.82 Å². The third-order valence-corrected chi connectivity index (χ3v) is 4.14. The van der Waals surface area contributed by atoms with Crippen LogP contribution in [-0.4, -0.2) is 18.0 Å². The van der Waals surface area contributed by atoms with E-state index in [1.165, 1.54) is 18.4 Å². The van der Waals surface area contributed by atoms with E-state index < -0.39 is 0 Å². The molecule has 0 aliphatic carbocycles. The average Bonchev–Trinajstić information content (AvgIpc) is 3.01. The summed E-state index contributed by atoms with van der Waals surface area (Å²) in [6.07, 6.45) is 3.25. The zero-order valence-corrected chi connectivity index (χ0v) is 11.6. The smallest absolute Gasteiger partial charge is 0.126 e. The van der Waals surface area contributed by atoms with Crippen LogP contribution in [0.15, 0.2) is 54.6 Å². The van der Waals surface area contributed by atoms with Gasteiger partial charge in [0.2, 0.25) is 0 Å². The van der Waals surface area contributed by atoms with Crippen LogP contribution in [0.5, 0.6) is 0 Å². The van der Waals surface area contributed by atoms with Crippen molar-refractivity contribution in [2.45, 2.75) is 25.3 Å². The number of hydrogen-bond donors (Lipinski definition) is 0. The maximum absolute atomic E-state index is 13.9. The average molecular weight is 269 g/mol. The minimum Gasteiger partial charge on any atom is -0.296 e. The summed E-state index contributed by atoms with van der Waals surface area (Å²) in [5, 5.41) is 0. The minimum absolute atomic E-state index is 0.0902. The second kappa shape index (κ2) is 6.19. The van der Waals surface area contributed by atoms with Crippen molar-refractivity contribution in [3.63, 3.8) is 0 Å². The summed E-state index contributed by atoms with van der Waals surface area (Å²) in [5.41, 5.74) is 2.10. The molecule has 0 amide bonds. The van der Waals surface area contributed by atoms with Crippen molar-refractivity contribution >= 4 is 0 Å². The first-order valence-electron chi connectivity index (χ1n) is 7.37. The highest BCUT2D eigenvalue weighted by molar-refractivity contribution is 5.25. The third-order valence-electron chi connectivity index (χ3n) is 4.14. The highest BCUT2D eigenvalue weighted by Crippen LogP contribution is 2.29. The lowest BCUT2D eigenvalue weighted by atomic mass is 9.97. The molecule has 1 nitrogen and oxygen atoms in total. The molecule has 104 valence electrons. The van der Waals surface area contributed by atoms with Crippen molar-refractivity contribution in [1.29, 1.82) is 0 Å². The van der Waals surface area contributed by atoms with Crippen molar-refractivity contribution in [3.05, 3.63) is 71.5 Å². The number of halogens is 1. The maximum Gasteiger partial charge on any atom is 0.126 e. The Bertz CT molecular complexity index is 546. The summed E-state index contributed by atoms with van der Waals surface area (Å²) in [5.74, 6) is -0.0902. The summed E-state index contributed by atoms with van der Waals surface area (Å²) < 4.78 is 13.9. The number of rotatable bonds is 4. The van der Waals surface area contributed by atoms with Gasteiger partial charge in [-0.05, 0) is 49.5 Å². The van der Waals surface area contributed by atoms with Gasteiger partial charge in [0.15, 0.2) is 0 Å². The molecule has 0 spiro atoms. The molecule has 3 rings (SSSR count). The maximum atomic E-state index is 13.9. The van der Waals surface area contributed by atoms with Gasteiger partial charge in [0.05, 0.1) is 0 Å². The minimum atomic E-state index is -0.0902. The molecule has 1 atom stereocenters. The normalized spacial score (nSPS) is 17.2. The molecule has 2 aromatic carbocycles. The van der Waals surface area contributed by atoms with Gasteiger partial charge in [-0.15, -0.1) is 0 Å². The van der Waals surface area contributed by atoms with Crippen LogP contribution in [0.3, 0.4) is 0 Å². The van der Waals surface area contributed by atoms with E-state index in [9.17, 15) is 4.39 Å². The summed E-state index contributed by atoms with van der Waals surface area (Å²) in [7, 11) is 0. The van der Waals surface area contributed by atoms with Gasteiger partial charge in [-0.3, -0.25) is 4.90 Å². The molecule has 0 radical (unpaired) electrons. The second-order valence-corrected chi connectivity index (χ2v) is 5.47. The molecule has 0 N–H and O–H groups in total. The van der Waals surface area contributed by atoms with Gasteiger partial charge in [-0.1, -0.05) is 48.5 Å². The number of benzene rings is 2. The van der Waals surface area contributed by atoms with Gasteiger partial charge < -0.3 is 0 Å². The highest BCUT2D eigenvalue weighted by atomic mass is 19.1. The lowest BCUT2D eigenvalue weighted by Crippen LogP contribution is -2.27. The molecule has 20 heavy (non-hydrogen) atoms. The predicted molar refractivity (Wildman–Crippen MR) is 80.1 cm³/mol. The fourth-order valence-electron chi connectivity index (χ4n) is 3.06. The number of likely N-dealkylation sites (tertiary alicyclic amines) is 1. The Labute approximate surface area is 120 Å². The molecule has 1 heterocycles. The van der Waals surface area contributed by atoms with E-state index in [4.69, 9.17) is 0 Å². The lowest BCUT2D eigenvalue weighted by Gasteiger charge is -2.28. The molecular weight excluding hydrogens is 249 g/mol. The van der Waals surface area contributed by atoms with E-state index in [1.807, 2.05) is 18.2 Å². The Morgan fingerprint density at radius 3 is 2.25 bits per heavy atom. The van der Waals surface area contributed by atoms with Crippen LogP contribution in [0.4, 0.5) is 4.39 Å². The van der Waals surface area contributed by atoms with E-state index in [-0.39, 0.29) is 11.9 Å². The molecule has 0 bridgehead atoms. The van der Waals surface area contributed by atoms with Crippen LogP contribution in [0.2, 0.25) is 0 Å². The van der Waals surface area contributed by atoms with E-state index in [2.05, 4.69) is 29.2 Å². The van der Waals surface area contributed by atoms with Crippen LogP contribution in [0.1, 0.15) is 30.0 Å². The van der Waals surface area contributed by atoms with Crippen LogP contribution in [-0.2, 0) is 6.42 Å². The molecule has 2 heteroatoms. The van der Waals surface area contributed by atoms with Gasteiger partial charge in [-0.25, -0.2) is 4.39 Å². The zero-order valence-electron chi connectivity index (χ0n) is 11.6. The highest BCUT2D eigenvalue weighted by Gasteiger charge is 2.24. The number of nitrogens with zero attached hydrogens (tertiary/aromatic N) is 1. The topological polar surface area (TPSA) is 3.24 Å². The Morgan fingerprint density at radius 1 is 0.900 bits per heavy atom. The molecule has 1 unspecified atom stereocenters. The standard InChI is InChI=1S/C18H20FN/c19-17-11-5-4-10-16(17)14-18(20-12-6-7-13-20)15-8-2-1-3-9-15/h1-5,8-11,18H,6-7,12-14H2. The summed E-state index contributed by atoms with van der Waals surface area (Å²) in [6, 6.07) is 17.9. The monoisotopic (exact) mass is 269 g/mol. The van der Waals surface area contributed by atoms with Gasteiger partial charge in [0, 0.05) is 6.04 Å². The first-order valence-corrected chi connectivity index (χ1v) is 7.37.